The van der Waals surface area contributed by atoms with Crippen LogP contribution in [0.2, 0.25) is 0 Å². The molecule has 1 unspecified atom stereocenters. The maximum atomic E-state index is 13.1. The lowest BCUT2D eigenvalue weighted by Gasteiger charge is -2.25. The highest BCUT2D eigenvalue weighted by atomic mass is 19.1. The molecule has 0 saturated heterocycles. The van der Waals surface area contributed by atoms with Gasteiger partial charge in [-0.15, -0.1) is 0 Å². The van der Waals surface area contributed by atoms with Gasteiger partial charge in [0.1, 0.15) is 11.6 Å². The van der Waals surface area contributed by atoms with Crippen LogP contribution < -0.4 is 10.5 Å². The number of carbonyl (C=O) groups excluding carboxylic acids is 2. The number of hydrogen-bond acceptors (Lipinski definition) is 5. The molecule has 18 heavy (non-hydrogen) atoms. The Kier molecular flexibility index (Phi) is 3.01. The van der Waals surface area contributed by atoms with Gasteiger partial charge in [0.2, 0.25) is 6.10 Å². The van der Waals surface area contributed by atoms with Crippen molar-refractivity contribution in [2.75, 3.05) is 7.11 Å². The van der Waals surface area contributed by atoms with Crippen LogP contribution in [0.15, 0.2) is 30.0 Å². The van der Waals surface area contributed by atoms with E-state index in [1.54, 1.807) is 0 Å². The van der Waals surface area contributed by atoms with Gasteiger partial charge in [-0.05, 0) is 18.2 Å². The van der Waals surface area contributed by atoms with Crippen LogP contribution in [0.25, 0.3) is 0 Å². The van der Waals surface area contributed by atoms with Gasteiger partial charge in [-0.3, -0.25) is 4.79 Å². The van der Waals surface area contributed by atoms with Crippen molar-refractivity contribution >= 4 is 11.8 Å². The maximum absolute atomic E-state index is 13.1. The molecule has 1 aliphatic rings. The van der Waals surface area contributed by atoms with Gasteiger partial charge in [0.25, 0.3) is 0 Å². The minimum Gasteiger partial charge on any atom is -0.473 e. The fraction of sp³-hybridized carbons (Fsp3) is 0.167. The molecule has 1 aliphatic heterocycles. The lowest BCUT2D eigenvalue weighted by molar-refractivity contribution is -0.147. The summed E-state index contributed by atoms with van der Waals surface area (Å²) in [7, 11) is 1.17. The van der Waals surface area contributed by atoms with Crippen molar-refractivity contribution in [3.05, 3.63) is 41.4 Å². The van der Waals surface area contributed by atoms with Crippen molar-refractivity contribution < 1.29 is 23.5 Å². The van der Waals surface area contributed by atoms with Crippen molar-refractivity contribution in [1.82, 2.24) is 0 Å². The highest BCUT2D eigenvalue weighted by Gasteiger charge is 2.37. The maximum Gasteiger partial charge on any atom is 0.352 e. The SMILES string of the molecule is COC(=O)C1Oc2ccc(F)cc2C(=O)/C1=C\N. The summed E-state index contributed by atoms with van der Waals surface area (Å²) < 4.78 is 22.9. The molecule has 0 fully saturated rings. The van der Waals surface area contributed by atoms with Crippen LogP contribution in [0.5, 0.6) is 5.75 Å². The van der Waals surface area contributed by atoms with E-state index in [1.165, 1.54) is 13.2 Å². The van der Waals surface area contributed by atoms with E-state index in [9.17, 15) is 14.0 Å². The van der Waals surface area contributed by atoms with Crippen LogP contribution in [-0.4, -0.2) is 25.0 Å². The number of nitrogens with two attached hydrogens (primary N) is 1. The Morgan fingerprint density at radius 3 is 2.89 bits per heavy atom. The van der Waals surface area contributed by atoms with E-state index in [1.807, 2.05) is 0 Å². The minimum absolute atomic E-state index is 0.0341. The smallest absolute Gasteiger partial charge is 0.352 e. The topological polar surface area (TPSA) is 78.6 Å². The number of ketones is 1. The third-order valence-corrected chi connectivity index (χ3v) is 2.57. The molecule has 6 heteroatoms. The number of rotatable bonds is 1. The molecule has 0 amide bonds. The molecule has 1 atom stereocenters. The monoisotopic (exact) mass is 251 g/mol. The Morgan fingerprint density at radius 1 is 1.56 bits per heavy atom. The molecule has 0 aromatic heterocycles. The molecule has 1 aromatic carbocycles. The standard InChI is InChI=1S/C12H10FNO4/c1-17-12(16)11-8(5-14)10(15)7-4-6(13)2-3-9(7)18-11/h2-5,11H,14H2,1H3/b8-5+. The second-order valence-electron chi connectivity index (χ2n) is 3.61. The largest absolute Gasteiger partial charge is 0.473 e. The molecule has 0 aliphatic carbocycles. The van der Waals surface area contributed by atoms with E-state index in [-0.39, 0.29) is 16.9 Å². The first kappa shape index (κ1) is 12.1. The molecule has 0 spiro atoms. The molecule has 2 rings (SSSR count). The van der Waals surface area contributed by atoms with Crippen molar-refractivity contribution in [1.29, 1.82) is 0 Å². The van der Waals surface area contributed by atoms with E-state index in [4.69, 9.17) is 10.5 Å². The van der Waals surface area contributed by atoms with Crippen LogP contribution in [-0.2, 0) is 9.53 Å². The number of esters is 1. The van der Waals surface area contributed by atoms with Crippen LogP contribution in [0.1, 0.15) is 10.4 Å². The number of halogens is 1. The lowest BCUT2D eigenvalue weighted by atomic mass is 9.95. The molecule has 1 aromatic rings. The second kappa shape index (κ2) is 4.48. The van der Waals surface area contributed by atoms with Crippen molar-refractivity contribution in [2.24, 2.45) is 5.73 Å². The van der Waals surface area contributed by atoms with E-state index in [2.05, 4.69) is 4.74 Å². The number of ether oxygens (including phenoxy) is 2. The van der Waals surface area contributed by atoms with Gasteiger partial charge >= 0.3 is 5.97 Å². The molecule has 1 heterocycles. The first-order chi connectivity index (χ1) is 8.58. The molecule has 5 nitrogen and oxygen atoms in total. The zero-order valence-corrected chi connectivity index (χ0v) is 9.48. The molecule has 0 radical (unpaired) electrons. The Balaban J connectivity index is 2.52. The van der Waals surface area contributed by atoms with Gasteiger partial charge in [-0.2, -0.15) is 0 Å². The molecule has 0 saturated carbocycles. The number of Topliss-reactive ketones (excluding diaryl/α,β-unsaturated/α-hetero) is 1. The van der Waals surface area contributed by atoms with Crippen molar-refractivity contribution in [3.63, 3.8) is 0 Å². The fourth-order valence-electron chi connectivity index (χ4n) is 1.69. The van der Waals surface area contributed by atoms with Gasteiger partial charge < -0.3 is 15.2 Å². The third kappa shape index (κ3) is 1.81. The van der Waals surface area contributed by atoms with Gasteiger partial charge in [0.05, 0.1) is 18.2 Å². The van der Waals surface area contributed by atoms with Gasteiger partial charge in [0, 0.05) is 6.20 Å². The Hall–Kier alpha value is -2.37. The third-order valence-electron chi connectivity index (χ3n) is 2.57. The summed E-state index contributed by atoms with van der Waals surface area (Å²) in [5, 5.41) is 0. The van der Waals surface area contributed by atoms with E-state index in [0.29, 0.717) is 0 Å². The average molecular weight is 251 g/mol. The Morgan fingerprint density at radius 2 is 2.28 bits per heavy atom. The number of benzene rings is 1. The molecular weight excluding hydrogens is 241 g/mol. The van der Waals surface area contributed by atoms with Gasteiger partial charge in [-0.25, -0.2) is 9.18 Å². The fourth-order valence-corrected chi connectivity index (χ4v) is 1.69. The highest BCUT2D eigenvalue weighted by Crippen LogP contribution is 2.31. The zero-order valence-electron chi connectivity index (χ0n) is 9.48. The summed E-state index contributed by atoms with van der Waals surface area (Å²) in [4.78, 5) is 23.5. The molecule has 0 bridgehead atoms. The summed E-state index contributed by atoms with van der Waals surface area (Å²) in [6, 6.07) is 3.46. The molecule has 94 valence electrons. The summed E-state index contributed by atoms with van der Waals surface area (Å²) in [5.41, 5.74) is 5.27. The molecule has 2 N–H and O–H groups in total. The normalized spacial score (nSPS) is 20.2. The minimum atomic E-state index is -1.22. The van der Waals surface area contributed by atoms with E-state index >= 15 is 0 Å². The van der Waals surface area contributed by atoms with Crippen LogP contribution in [0.4, 0.5) is 4.39 Å². The number of methoxy groups -OCH3 is 1. The first-order valence-corrected chi connectivity index (χ1v) is 5.09. The van der Waals surface area contributed by atoms with Crippen molar-refractivity contribution in [2.45, 2.75) is 6.10 Å². The Bertz CT molecular complexity index is 553. The quantitative estimate of drug-likeness (QED) is 0.589. The lowest BCUT2D eigenvalue weighted by Crippen LogP contribution is -2.38. The van der Waals surface area contributed by atoms with E-state index < -0.39 is 23.7 Å². The number of carbonyl (C=O) groups is 2. The highest BCUT2D eigenvalue weighted by molar-refractivity contribution is 6.15. The summed E-state index contributed by atoms with van der Waals surface area (Å²) in [6.45, 7) is 0. The van der Waals surface area contributed by atoms with Crippen molar-refractivity contribution in [3.8, 4) is 5.75 Å². The summed E-state index contributed by atoms with van der Waals surface area (Å²) in [6.07, 6.45) is -0.247. The zero-order chi connectivity index (χ0) is 13.3. The first-order valence-electron chi connectivity index (χ1n) is 5.09. The number of hydrogen-bond donors (Lipinski definition) is 1. The average Bonchev–Trinajstić information content (AvgIpc) is 2.38. The second-order valence-corrected chi connectivity index (χ2v) is 3.61. The van der Waals surface area contributed by atoms with Gasteiger partial charge in [-0.1, -0.05) is 0 Å². The van der Waals surface area contributed by atoms with Crippen LogP contribution in [0, 0.1) is 5.82 Å². The predicted octanol–water partition coefficient (Wildman–Crippen LogP) is 0.785. The van der Waals surface area contributed by atoms with E-state index in [0.717, 1.165) is 18.3 Å². The van der Waals surface area contributed by atoms with Crippen LogP contribution in [0.3, 0.4) is 0 Å². The number of fused-ring (bicyclic) bond motifs is 1. The summed E-state index contributed by atoms with van der Waals surface area (Å²) >= 11 is 0. The molecular formula is C12H10FNO4. The van der Waals surface area contributed by atoms with Crippen LogP contribution >= 0.6 is 0 Å². The Labute approximate surface area is 102 Å². The van der Waals surface area contributed by atoms with Gasteiger partial charge in [0.15, 0.2) is 5.78 Å². The summed E-state index contributed by atoms with van der Waals surface area (Å²) in [5.74, 6) is -1.73. The predicted molar refractivity (Wildman–Crippen MR) is 59.4 cm³/mol.